The highest BCUT2D eigenvalue weighted by molar-refractivity contribution is 5.92. The molecule has 4 heteroatoms. The first-order chi connectivity index (χ1) is 9.34. The lowest BCUT2D eigenvalue weighted by Crippen LogP contribution is -2.35. The number of furan rings is 1. The van der Waals surface area contributed by atoms with Gasteiger partial charge in [-0.25, -0.2) is 0 Å². The molecule has 19 heavy (non-hydrogen) atoms. The molecule has 0 saturated carbocycles. The summed E-state index contributed by atoms with van der Waals surface area (Å²) in [5, 5.41) is 0. The van der Waals surface area contributed by atoms with E-state index in [2.05, 4.69) is 4.98 Å². The van der Waals surface area contributed by atoms with Gasteiger partial charge in [-0.05, 0) is 43.5 Å². The van der Waals surface area contributed by atoms with E-state index in [1.165, 1.54) is 6.42 Å². The molecule has 0 atom stereocenters. The zero-order valence-corrected chi connectivity index (χ0v) is 10.7. The molecule has 3 rings (SSSR count). The number of carbonyl (C=O) groups is 1. The van der Waals surface area contributed by atoms with Gasteiger partial charge in [-0.2, -0.15) is 0 Å². The number of piperidine rings is 1. The minimum Gasteiger partial charge on any atom is -0.451 e. The maximum absolute atomic E-state index is 12.3. The van der Waals surface area contributed by atoms with Crippen molar-refractivity contribution in [3.63, 3.8) is 0 Å². The van der Waals surface area contributed by atoms with Crippen molar-refractivity contribution in [1.82, 2.24) is 9.88 Å². The molecule has 4 nitrogen and oxygen atoms in total. The summed E-state index contributed by atoms with van der Waals surface area (Å²) in [6, 6.07) is 7.33. The Kier molecular flexibility index (Phi) is 3.31. The molecule has 1 amide bonds. The van der Waals surface area contributed by atoms with E-state index in [9.17, 15) is 4.79 Å². The molecule has 2 aromatic rings. The Labute approximate surface area is 112 Å². The Balaban J connectivity index is 1.79. The van der Waals surface area contributed by atoms with Gasteiger partial charge in [0, 0.05) is 31.0 Å². The van der Waals surface area contributed by atoms with E-state index in [-0.39, 0.29) is 5.91 Å². The van der Waals surface area contributed by atoms with Crippen LogP contribution < -0.4 is 0 Å². The van der Waals surface area contributed by atoms with Crippen molar-refractivity contribution in [3.8, 4) is 11.3 Å². The van der Waals surface area contributed by atoms with Crippen LogP contribution in [0, 0.1) is 0 Å². The minimum atomic E-state index is 0.00000567. The van der Waals surface area contributed by atoms with Crippen LogP contribution in [0.25, 0.3) is 11.3 Å². The predicted molar refractivity (Wildman–Crippen MR) is 71.7 cm³/mol. The van der Waals surface area contributed by atoms with E-state index in [1.807, 2.05) is 23.1 Å². The summed E-state index contributed by atoms with van der Waals surface area (Å²) in [7, 11) is 0. The molecule has 1 aliphatic heterocycles. The number of nitrogens with zero attached hydrogens (tertiary/aromatic N) is 2. The van der Waals surface area contributed by atoms with Crippen molar-refractivity contribution in [2.75, 3.05) is 13.1 Å². The predicted octanol–water partition coefficient (Wildman–Crippen LogP) is 2.97. The van der Waals surface area contributed by atoms with Crippen molar-refractivity contribution in [2.45, 2.75) is 19.3 Å². The van der Waals surface area contributed by atoms with Gasteiger partial charge >= 0.3 is 0 Å². The van der Waals surface area contributed by atoms with Gasteiger partial charge in [0.05, 0.1) is 0 Å². The third-order valence-electron chi connectivity index (χ3n) is 3.42. The molecule has 0 aromatic carbocycles. The van der Waals surface area contributed by atoms with E-state index in [0.29, 0.717) is 11.5 Å². The largest absolute Gasteiger partial charge is 0.451 e. The molecule has 3 heterocycles. The van der Waals surface area contributed by atoms with E-state index < -0.39 is 0 Å². The molecule has 2 aromatic heterocycles. The van der Waals surface area contributed by atoms with Gasteiger partial charge in [-0.15, -0.1) is 0 Å². The third-order valence-corrected chi connectivity index (χ3v) is 3.42. The highest BCUT2D eigenvalue weighted by Crippen LogP contribution is 2.23. The molecule has 1 saturated heterocycles. The smallest absolute Gasteiger partial charge is 0.289 e. The molecule has 0 aliphatic carbocycles. The van der Waals surface area contributed by atoms with Crippen LogP contribution in [0.4, 0.5) is 0 Å². The molecule has 1 fully saturated rings. The fraction of sp³-hybridized carbons (Fsp3) is 0.333. The van der Waals surface area contributed by atoms with Crippen molar-refractivity contribution >= 4 is 5.91 Å². The summed E-state index contributed by atoms with van der Waals surface area (Å²) in [5.41, 5.74) is 0.938. The quantitative estimate of drug-likeness (QED) is 0.829. The first-order valence-electron chi connectivity index (χ1n) is 6.64. The topological polar surface area (TPSA) is 46.3 Å². The molecular formula is C15H16N2O2. The SMILES string of the molecule is O=C(c1ccc(-c2ccncc2)o1)N1CCCCC1. The van der Waals surface area contributed by atoms with Gasteiger partial charge in [0.1, 0.15) is 5.76 Å². The van der Waals surface area contributed by atoms with E-state index in [1.54, 1.807) is 18.5 Å². The zero-order chi connectivity index (χ0) is 13.1. The summed E-state index contributed by atoms with van der Waals surface area (Å²) >= 11 is 0. The molecule has 1 aliphatic rings. The highest BCUT2D eigenvalue weighted by Gasteiger charge is 2.21. The molecular weight excluding hydrogens is 240 g/mol. The molecule has 0 spiro atoms. The maximum Gasteiger partial charge on any atom is 0.289 e. The summed E-state index contributed by atoms with van der Waals surface area (Å²) in [5.74, 6) is 1.14. The lowest BCUT2D eigenvalue weighted by Gasteiger charge is -2.25. The summed E-state index contributed by atoms with van der Waals surface area (Å²) in [6.07, 6.45) is 6.81. The standard InChI is InChI=1S/C15H16N2O2/c18-15(17-10-2-1-3-11-17)14-5-4-13(19-14)12-6-8-16-9-7-12/h4-9H,1-3,10-11H2. The van der Waals surface area contributed by atoms with E-state index >= 15 is 0 Å². The number of hydrogen-bond donors (Lipinski definition) is 0. The average molecular weight is 256 g/mol. The van der Waals surface area contributed by atoms with Crippen molar-refractivity contribution in [1.29, 1.82) is 0 Å². The van der Waals surface area contributed by atoms with Crippen LogP contribution >= 0.6 is 0 Å². The number of rotatable bonds is 2. The number of aromatic nitrogens is 1. The van der Waals surface area contributed by atoms with E-state index in [0.717, 1.165) is 31.5 Å². The number of pyridine rings is 1. The van der Waals surface area contributed by atoms with Crippen LogP contribution in [0.2, 0.25) is 0 Å². The Morgan fingerprint density at radius 1 is 1.05 bits per heavy atom. The van der Waals surface area contributed by atoms with Crippen LogP contribution in [0.15, 0.2) is 41.1 Å². The van der Waals surface area contributed by atoms with Crippen LogP contribution in [0.3, 0.4) is 0 Å². The van der Waals surface area contributed by atoms with Gasteiger partial charge in [0.15, 0.2) is 5.76 Å². The van der Waals surface area contributed by atoms with Gasteiger partial charge < -0.3 is 9.32 Å². The Morgan fingerprint density at radius 2 is 1.79 bits per heavy atom. The second-order valence-electron chi connectivity index (χ2n) is 4.75. The Bertz CT molecular complexity index is 557. The number of amides is 1. The van der Waals surface area contributed by atoms with Gasteiger partial charge in [-0.3, -0.25) is 9.78 Å². The lowest BCUT2D eigenvalue weighted by atomic mass is 10.1. The first-order valence-corrected chi connectivity index (χ1v) is 6.64. The summed E-state index contributed by atoms with van der Waals surface area (Å²) in [4.78, 5) is 18.1. The monoisotopic (exact) mass is 256 g/mol. The molecule has 0 radical (unpaired) electrons. The first kappa shape index (κ1) is 12.0. The van der Waals surface area contributed by atoms with Crippen LogP contribution in [0.5, 0.6) is 0 Å². The van der Waals surface area contributed by atoms with Crippen molar-refractivity contribution < 1.29 is 9.21 Å². The third kappa shape index (κ3) is 2.52. The Hall–Kier alpha value is -2.10. The molecule has 0 N–H and O–H groups in total. The van der Waals surface area contributed by atoms with Gasteiger partial charge in [0.25, 0.3) is 5.91 Å². The second kappa shape index (κ2) is 5.26. The number of hydrogen-bond acceptors (Lipinski definition) is 3. The van der Waals surface area contributed by atoms with Gasteiger partial charge in [0.2, 0.25) is 0 Å². The normalized spacial score (nSPS) is 15.5. The zero-order valence-electron chi connectivity index (χ0n) is 10.7. The van der Waals surface area contributed by atoms with Crippen molar-refractivity contribution in [2.24, 2.45) is 0 Å². The molecule has 0 unspecified atom stereocenters. The van der Waals surface area contributed by atoms with Gasteiger partial charge in [-0.1, -0.05) is 0 Å². The fourth-order valence-corrected chi connectivity index (χ4v) is 2.38. The van der Waals surface area contributed by atoms with Crippen LogP contribution in [-0.2, 0) is 0 Å². The summed E-state index contributed by atoms with van der Waals surface area (Å²) < 4.78 is 5.67. The maximum atomic E-state index is 12.3. The summed E-state index contributed by atoms with van der Waals surface area (Å²) in [6.45, 7) is 1.67. The second-order valence-corrected chi connectivity index (χ2v) is 4.75. The minimum absolute atomic E-state index is 0.00000567. The van der Waals surface area contributed by atoms with Crippen LogP contribution in [0.1, 0.15) is 29.8 Å². The number of carbonyl (C=O) groups excluding carboxylic acids is 1. The molecule has 0 bridgehead atoms. The highest BCUT2D eigenvalue weighted by atomic mass is 16.4. The fourth-order valence-electron chi connectivity index (χ4n) is 2.38. The van der Waals surface area contributed by atoms with E-state index in [4.69, 9.17) is 4.42 Å². The number of likely N-dealkylation sites (tertiary alicyclic amines) is 1. The Morgan fingerprint density at radius 3 is 2.53 bits per heavy atom. The van der Waals surface area contributed by atoms with Crippen LogP contribution in [-0.4, -0.2) is 28.9 Å². The lowest BCUT2D eigenvalue weighted by molar-refractivity contribution is 0.0693. The van der Waals surface area contributed by atoms with Crippen molar-refractivity contribution in [3.05, 3.63) is 42.4 Å². The molecule has 98 valence electrons. The average Bonchev–Trinajstić information content (AvgIpc) is 2.98.